The van der Waals surface area contributed by atoms with Crippen molar-refractivity contribution in [1.82, 2.24) is 0 Å². The second kappa shape index (κ2) is 47.1. The summed E-state index contributed by atoms with van der Waals surface area (Å²) in [6.45, 7) is 11.0. The van der Waals surface area contributed by atoms with Crippen LogP contribution < -0.4 is 17.0 Å². The molecule has 0 bridgehead atoms. The van der Waals surface area contributed by atoms with Crippen LogP contribution in [-0.2, 0) is 18.9 Å². The summed E-state index contributed by atoms with van der Waals surface area (Å²) in [5.74, 6) is 0. The lowest BCUT2D eigenvalue weighted by atomic mass is 10.1. The smallest absolute Gasteiger partial charge is 0.130 e. The van der Waals surface area contributed by atoms with Crippen LogP contribution in [0, 0.1) is 0 Å². The molecule has 0 rings (SSSR count). The highest BCUT2D eigenvalue weighted by Gasteiger charge is 2.23. The van der Waals surface area contributed by atoms with Gasteiger partial charge in [0.15, 0.2) is 0 Å². The van der Waals surface area contributed by atoms with Gasteiger partial charge in [-0.1, -0.05) is 154 Å². The maximum Gasteiger partial charge on any atom is 0.130 e. The quantitative estimate of drug-likeness (QED) is 0.0377. The first kappa shape index (κ1) is 55.8. The van der Waals surface area contributed by atoms with E-state index >= 15 is 0 Å². The fourth-order valence-electron chi connectivity index (χ4n) is 6.76. The normalized spacial score (nSPS) is 12.7. The molecule has 0 heterocycles. The molecule has 6 nitrogen and oxygen atoms in total. The monoisotopic (exact) mass is 832 g/mol. The lowest BCUT2D eigenvalue weighted by Crippen LogP contribution is -3.00. The molecule has 0 aromatic rings. The van der Waals surface area contributed by atoms with E-state index in [0.717, 1.165) is 43.6 Å². The molecule has 0 radical (unpaired) electrons. The molecule has 0 amide bonds. The number of likely N-dealkylation sites (N-methyl/N-ethyl adjacent to an activating group) is 1. The maximum absolute atomic E-state index is 8.86. The van der Waals surface area contributed by atoms with Gasteiger partial charge in [-0.3, -0.25) is 0 Å². The molecule has 0 fully saturated rings. The first-order valence-electron chi connectivity index (χ1n) is 23.1. The summed E-state index contributed by atoms with van der Waals surface area (Å²) in [6, 6.07) is 0. The number of unbranched alkanes of at least 4 members (excludes halogenated alkanes) is 24. The van der Waals surface area contributed by atoms with Gasteiger partial charge in [0.25, 0.3) is 0 Å². The Bertz CT molecular complexity index is 750. The van der Waals surface area contributed by atoms with E-state index in [1.54, 1.807) is 0 Å². The average Bonchev–Trinajstić information content (AvgIpc) is 3.15. The minimum absolute atomic E-state index is 0. The number of rotatable bonds is 45. The van der Waals surface area contributed by atoms with Gasteiger partial charge in [-0.15, -0.1) is 0 Å². The van der Waals surface area contributed by atoms with E-state index in [9.17, 15) is 0 Å². The Morgan fingerprint density at radius 1 is 0.444 bits per heavy atom. The molecule has 0 saturated carbocycles. The van der Waals surface area contributed by atoms with Gasteiger partial charge in [-0.05, 0) is 64.2 Å². The second-order valence-corrected chi connectivity index (χ2v) is 16.2. The van der Waals surface area contributed by atoms with Crippen LogP contribution in [0.3, 0.4) is 0 Å². The van der Waals surface area contributed by atoms with Crippen molar-refractivity contribution in [3.8, 4) is 0 Å². The van der Waals surface area contributed by atoms with E-state index in [1.165, 1.54) is 167 Å². The van der Waals surface area contributed by atoms with Crippen molar-refractivity contribution in [2.24, 2.45) is 0 Å². The van der Waals surface area contributed by atoms with Crippen LogP contribution >= 0.6 is 0 Å². The zero-order chi connectivity index (χ0) is 38.6. The largest absolute Gasteiger partial charge is 1.00 e. The van der Waals surface area contributed by atoms with Crippen molar-refractivity contribution in [3.05, 3.63) is 24.3 Å². The van der Waals surface area contributed by atoms with E-state index in [4.69, 9.17) is 24.1 Å². The molecule has 1 atom stereocenters. The van der Waals surface area contributed by atoms with Gasteiger partial charge in [0.2, 0.25) is 0 Å². The van der Waals surface area contributed by atoms with Crippen molar-refractivity contribution in [2.75, 3.05) is 80.0 Å². The lowest BCUT2D eigenvalue weighted by Gasteiger charge is -2.33. The third-order valence-corrected chi connectivity index (χ3v) is 10.3. The van der Waals surface area contributed by atoms with Crippen molar-refractivity contribution in [3.63, 3.8) is 0 Å². The summed E-state index contributed by atoms with van der Waals surface area (Å²) in [5.41, 5.74) is 0. The zero-order valence-corrected chi connectivity index (χ0v) is 38.2. The molecule has 324 valence electrons. The van der Waals surface area contributed by atoms with E-state index in [0.29, 0.717) is 33.0 Å². The number of halogens is 1. The molecule has 0 aromatic carbocycles. The van der Waals surface area contributed by atoms with Crippen molar-refractivity contribution in [1.29, 1.82) is 0 Å². The summed E-state index contributed by atoms with van der Waals surface area (Å²) < 4.78 is 24.6. The molecule has 1 unspecified atom stereocenters. The molecule has 0 aromatic heterocycles. The summed E-state index contributed by atoms with van der Waals surface area (Å²) in [5, 5.41) is 8.86. The van der Waals surface area contributed by atoms with Crippen LogP contribution in [0.2, 0.25) is 0 Å². The van der Waals surface area contributed by atoms with Crippen LogP contribution in [0.15, 0.2) is 24.3 Å². The third-order valence-electron chi connectivity index (χ3n) is 10.3. The molecule has 0 saturated heterocycles. The summed E-state index contributed by atoms with van der Waals surface area (Å²) in [6.07, 6.45) is 46.9. The van der Waals surface area contributed by atoms with Gasteiger partial charge in [0, 0.05) is 13.2 Å². The Balaban J connectivity index is 0. The number of quaternary nitrogens is 1. The SMILES string of the molecule is CCCCCCCC/C=C\CCCCCCCCOCC(C[N+](C)(C)CCOCCOCCO)OCCCCCCCC/C=C\CCCCCCCC.[Br-]. The standard InChI is InChI=1S/C47H94NO5.BrH/c1-5-7-9-11-13-15-17-19-21-23-25-27-29-31-33-35-39-52-46-47(45-48(3,4)37-41-50-43-44-51-42-38-49)53-40-36-34-32-30-28-26-24-22-20-18-16-14-12-10-8-6-2;/h19-22,47,49H,5-18,23-46H2,1-4H3;1H/q+1;/p-1/b21-19-,22-20-;. The molecule has 0 aliphatic rings. The maximum atomic E-state index is 8.86. The van der Waals surface area contributed by atoms with Crippen molar-refractivity contribution < 1.29 is 45.5 Å². The Labute approximate surface area is 348 Å². The highest BCUT2D eigenvalue weighted by molar-refractivity contribution is 4.82. The van der Waals surface area contributed by atoms with E-state index in [1.807, 2.05) is 0 Å². The van der Waals surface area contributed by atoms with E-state index < -0.39 is 0 Å². The van der Waals surface area contributed by atoms with Crippen LogP contribution in [0.25, 0.3) is 0 Å². The minimum Gasteiger partial charge on any atom is -1.00 e. The number of aliphatic hydroxyl groups is 1. The minimum atomic E-state index is 0. The van der Waals surface area contributed by atoms with Crippen LogP contribution in [-0.4, -0.2) is 95.7 Å². The van der Waals surface area contributed by atoms with Gasteiger partial charge in [-0.25, -0.2) is 0 Å². The van der Waals surface area contributed by atoms with Crippen molar-refractivity contribution in [2.45, 2.75) is 200 Å². The molecule has 0 spiro atoms. The molecule has 7 heteroatoms. The van der Waals surface area contributed by atoms with Crippen LogP contribution in [0.1, 0.15) is 194 Å². The van der Waals surface area contributed by atoms with Crippen LogP contribution in [0.4, 0.5) is 0 Å². The zero-order valence-electron chi connectivity index (χ0n) is 36.7. The molecule has 0 aliphatic carbocycles. The Morgan fingerprint density at radius 2 is 0.833 bits per heavy atom. The van der Waals surface area contributed by atoms with Gasteiger partial charge in [0.1, 0.15) is 19.2 Å². The Kier molecular flexibility index (Phi) is 48.7. The molecule has 54 heavy (non-hydrogen) atoms. The fourth-order valence-corrected chi connectivity index (χ4v) is 6.76. The van der Waals surface area contributed by atoms with E-state index in [2.05, 4.69) is 52.2 Å². The highest BCUT2D eigenvalue weighted by Crippen LogP contribution is 2.13. The number of ether oxygens (including phenoxy) is 4. The third kappa shape index (κ3) is 46.1. The first-order chi connectivity index (χ1) is 26.1. The first-order valence-corrected chi connectivity index (χ1v) is 23.1. The van der Waals surface area contributed by atoms with E-state index in [-0.39, 0.29) is 29.7 Å². The molecule has 1 N–H and O–H groups in total. The van der Waals surface area contributed by atoms with Gasteiger partial charge < -0.3 is 45.5 Å². The van der Waals surface area contributed by atoms with Crippen molar-refractivity contribution >= 4 is 0 Å². The predicted molar refractivity (Wildman–Crippen MR) is 230 cm³/mol. The van der Waals surface area contributed by atoms with Gasteiger partial charge in [-0.2, -0.15) is 0 Å². The molecular formula is C47H94BrNO5. The molecular weight excluding hydrogens is 738 g/mol. The number of aliphatic hydroxyl groups excluding tert-OH is 1. The summed E-state index contributed by atoms with van der Waals surface area (Å²) >= 11 is 0. The fraction of sp³-hybridized carbons (Fsp3) is 0.915. The highest BCUT2D eigenvalue weighted by atomic mass is 79.9. The van der Waals surface area contributed by atoms with Crippen LogP contribution in [0.5, 0.6) is 0 Å². The Hall–Kier alpha value is -0.280. The summed E-state index contributed by atoms with van der Waals surface area (Å²) in [4.78, 5) is 0. The number of allylic oxidation sites excluding steroid dienone is 4. The average molecular weight is 833 g/mol. The number of hydrogen-bond acceptors (Lipinski definition) is 5. The van der Waals surface area contributed by atoms with Gasteiger partial charge >= 0.3 is 0 Å². The Morgan fingerprint density at radius 3 is 1.28 bits per heavy atom. The number of nitrogens with zero attached hydrogens (tertiary/aromatic N) is 1. The predicted octanol–water partition coefficient (Wildman–Crippen LogP) is 9.57. The topological polar surface area (TPSA) is 57.2 Å². The van der Waals surface area contributed by atoms with Gasteiger partial charge in [0.05, 0.1) is 53.7 Å². The lowest BCUT2D eigenvalue weighted by molar-refractivity contribution is -0.894. The molecule has 0 aliphatic heterocycles. The summed E-state index contributed by atoms with van der Waals surface area (Å²) in [7, 11) is 4.52. The second-order valence-electron chi connectivity index (χ2n) is 16.2. The number of hydrogen-bond donors (Lipinski definition) is 1.